The van der Waals surface area contributed by atoms with Gasteiger partial charge in [0.25, 0.3) is 0 Å². The summed E-state index contributed by atoms with van der Waals surface area (Å²) >= 11 is 0. The molecule has 0 spiro atoms. The third kappa shape index (κ3) is 3.00. The first-order chi connectivity index (χ1) is 7.60. The predicted octanol–water partition coefficient (Wildman–Crippen LogP) is 3.70. The lowest BCUT2D eigenvalue weighted by molar-refractivity contribution is 0.465. The molecule has 3 heteroatoms. The number of rotatable bonds is 6. The van der Waals surface area contributed by atoms with Crippen LogP contribution in [-0.2, 0) is 0 Å². The molecule has 0 bridgehead atoms. The normalized spacial score (nSPS) is 15.1. The smallest absolute Gasteiger partial charge is 0.124 e. The first-order valence-corrected chi connectivity index (χ1v) is 6.40. The Balaban J connectivity index is 2.76. The summed E-state index contributed by atoms with van der Waals surface area (Å²) in [4.78, 5) is 0. The van der Waals surface area contributed by atoms with Crippen molar-refractivity contribution < 1.29 is 0 Å². The molecule has 0 saturated heterocycles. The fraction of sp³-hybridized carbons (Fsp3) is 0.769. The molecule has 2 unspecified atom stereocenters. The Morgan fingerprint density at radius 3 is 2.44 bits per heavy atom. The van der Waals surface area contributed by atoms with Crippen LogP contribution in [0.25, 0.3) is 0 Å². The van der Waals surface area contributed by atoms with E-state index in [9.17, 15) is 0 Å². The zero-order valence-corrected chi connectivity index (χ0v) is 11.2. The highest BCUT2D eigenvalue weighted by molar-refractivity contribution is 5.35. The molecular weight excluding hydrogens is 198 g/mol. The van der Waals surface area contributed by atoms with E-state index in [0.29, 0.717) is 18.0 Å². The van der Waals surface area contributed by atoms with E-state index < -0.39 is 0 Å². The second-order valence-corrected chi connectivity index (χ2v) is 4.82. The lowest BCUT2D eigenvalue weighted by Gasteiger charge is -2.23. The van der Waals surface area contributed by atoms with Gasteiger partial charge in [0.05, 0.1) is 12.2 Å². The van der Waals surface area contributed by atoms with E-state index in [4.69, 9.17) is 0 Å². The molecule has 0 aliphatic heterocycles. The average molecular weight is 223 g/mol. The Bertz CT molecular complexity index is 304. The van der Waals surface area contributed by atoms with Gasteiger partial charge >= 0.3 is 0 Å². The lowest BCUT2D eigenvalue weighted by atomic mass is 10.0. The first kappa shape index (κ1) is 13.1. The molecule has 16 heavy (non-hydrogen) atoms. The van der Waals surface area contributed by atoms with Gasteiger partial charge < -0.3 is 5.32 Å². The largest absolute Gasteiger partial charge is 0.367 e. The van der Waals surface area contributed by atoms with E-state index in [-0.39, 0.29) is 0 Å². The fourth-order valence-corrected chi connectivity index (χ4v) is 1.88. The van der Waals surface area contributed by atoms with Crippen molar-refractivity contribution in [2.75, 3.05) is 5.32 Å². The van der Waals surface area contributed by atoms with Crippen molar-refractivity contribution in [1.82, 2.24) is 9.78 Å². The number of aromatic nitrogens is 2. The van der Waals surface area contributed by atoms with E-state index in [2.05, 4.69) is 55.8 Å². The van der Waals surface area contributed by atoms with Crippen LogP contribution in [-0.4, -0.2) is 15.8 Å². The first-order valence-electron chi connectivity index (χ1n) is 6.40. The van der Waals surface area contributed by atoms with Gasteiger partial charge in [-0.2, -0.15) is 5.10 Å². The highest BCUT2D eigenvalue weighted by atomic mass is 15.3. The van der Waals surface area contributed by atoms with E-state index in [1.165, 1.54) is 0 Å². The van der Waals surface area contributed by atoms with Gasteiger partial charge in [-0.1, -0.05) is 27.7 Å². The summed E-state index contributed by atoms with van der Waals surface area (Å²) in [7, 11) is 0. The van der Waals surface area contributed by atoms with Gasteiger partial charge in [0.15, 0.2) is 0 Å². The molecule has 0 amide bonds. The topological polar surface area (TPSA) is 29.9 Å². The van der Waals surface area contributed by atoms with Gasteiger partial charge in [0, 0.05) is 12.1 Å². The van der Waals surface area contributed by atoms with E-state index >= 15 is 0 Å². The van der Waals surface area contributed by atoms with Crippen LogP contribution in [0, 0.1) is 5.92 Å². The minimum absolute atomic E-state index is 0.460. The van der Waals surface area contributed by atoms with Crippen molar-refractivity contribution >= 4 is 5.82 Å². The lowest BCUT2D eigenvalue weighted by Crippen LogP contribution is -2.26. The maximum Gasteiger partial charge on any atom is 0.124 e. The quantitative estimate of drug-likeness (QED) is 0.797. The van der Waals surface area contributed by atoms with E-state index in [0.717, 1.165) is 18.7 Å². The number of nitrogens with one attached hydrogen (secondary N) is 1. The molecule has 1 aromatic rings. The molecule has 92 valence electrons. The van der Waals surface area contributed by atoms with Gasteiger partial charge in [-0.25, -0.2) is 4.68 Å². The van der Waals surface area contributed by atoms with Gasteiger partial charge in [-0.05, 0) is 25.7 Å². The molecule has 0 radical (unpaired) electrons. The number of anilines is 1. The van der Waals surface area contributed by atoms with E-state index in [1.807, 2.05) is 6.20 Å². The summed E-state index contributed by atoms with van der Waals surface area (Å²) in [6.07, 6.45) is 4.12. The minimum Gasteiger partial charge on any atom is -0.367 e. The molecule has 0 aromatic carbocycles. The van der Waals surface area contributed by atoms with Crippen LogP contribution in [0.5, 0.6) is 0 Å². The average Bonchev–Trinajstić information content (AvgIpc) is 2.72. The summed E-state index contributed by atoms with van der Waals surface area (Å²) in [6, 6.07) is 3.05. The summed E-state index contributed by atoms with van der Waals surface area (Å²) < 4.78 is 2.09. The van der Waals surface area contributed by atoms with Gasteiger partial charge in [-0.3, -0.25) is 0 Å². The van der Waals surface area contributed by atoms with Crippen LogP contribution in [0.1, 0.15) is 53.5 Å². The third-order valence-corrected chi connectivity index (χ3v) is 3.26. The summed E-state index contributed by atoms with van der Waals surface area (Å²) in [5.74, 6) is 1.79. The fourth-order valence-electron chi connectivity index (χ4n) is 1.88. The Morgan fingerprint density at radius 1 is 1.25 bits per heavy atom. The molecule has 1 aromatic heterocycles. The van der Waals surface area contributed by atoms with Crippen LogP contribution in [0.15, 0.2) is 12.3 Å². The van der Waals surface area contributed by atoms with Crippen molar-refractivity contribution in [3.63, 3.8) is 0 Å². The molecule has 0 fully saturated rings. The van der Waals surface area contributed by atoms with Crippen molar-refractivity contribution in [3.8, 4) is 0 Å². The second-order valence-electron chi connectivity index (χ2n) is 4.82. The molecule has 3 nitrogen and oxygen atoms in total. The highest BCUT2D eigenvalue weighted by Crippen LogP contribution is 2.19. The Hall–Kier alpha value is -0.990. The Morgan fingerprint density at radius 2 is 1.94 bits per heavy atom. The summed E-state index contributed by atoms with van der Waals surface area (Å²) in [6.45, 7) is 11.1. The maximum atomic E-state index is 4.39. The molecule has 1 heterocycles. The zero-order chi connectivity index (χ0) is 12.1. The third-order valence-electron chi connectivity index (χ3n) is 3.26. The number of hydrogen-bond acceptors (Lipinski definition) is 2. The Kier molecular flexibility index (Phi) is 4.84. The van der Waals surface area contributed by atoms with Crippen LogP contribution >= 0.6 is 0 Å². The van der Waals surface area contributed by atoms with Gasteiger partial charge in [0.1, 0.15) is 5.82 Å². The highest BCUT2D eigenvalue weighted by Gasteiger charge is 2.14. The van der Waals surface area contributed by atoms with Crippen LogP contribution in [0.3, 0.4) is 0 Å². The Labute approximate surface area is 99.2 Å². The van der Waals surface area contributed by atoms with E-state index in [1.54, 1.807) is 0 Å². The maximum absolute atomic E-state index is 4.39. The van der Waals surface area contributed by atoms with Crippen LogP contribution in [0.2, 0.25) is 0 Å². The minimum atomic E-state index is 0.460. The molecule has 0 saturated carbocycles. The number of nitrogens with zero attached hydrogens (tertiary/aromatic N) is 2. The summed E-state index contributed by atoms with van der Waals surface area (Å²) in [5, 5.41) is 7.98. The van der Waals surface area contributed by atoms with Crippen molar-refractivity contribution in [2.24, 2.45) is 5.92 Å². The molecule has 1 N–H and O–H groups in total. The molecule has 0 aliphatic rings. The SMILES string of the molecule is CCC(Nc1ccnn1C(C)CC)C(C)C. The van der Waals surface area contributed by atoms with Gasteiger partial charge in [-0.15, -0.1) is 0 Å². The second kappa shape index (κ2) is 5.92. The van der Waals surface area contributed by atoms with Crippen molar-refractivity contribution in [2.45, 2.75) is 59.5 Å². The van der Waals surface area contributed by atoms with Crippen LogP contribution < -0.4 is 5.32 Å². The van der Waals surface area contributed by atoms with Crippen LogP contribution in [0.4, 0.5) is 5.82 Å². The molecular formula is C13H25N3. The molecule has 1 rings (SSSR count). The molecule has 0 aliphatic carbocycles. The van der Waals surface area contributed by atoms with Crippen molar-refractivity contribution in [3.05, 3.63) is 12.3 Å². The van der Waals surface area contributed by atoms with Gasteiger partial charge in [0.2, 0.25) is 0 Å². The van der Waals surface area contributed by atoms with Crippen molar-refractivity contribution in [1.29, 1.82) is 0 Å². The standard InChI is InChI=1S/C13H25N3/c1-6-11(5)16-13(8-9-14-16)15-12(7-2)10(3)4/h8-12,15H,6-7H2,1-5H3. The monoisotopic (exact) mass is 223 g/mol. The summed E-state index contributed by atoms with van der Waals surface area (Å²) in [5.41, 5.74) is 0. The molecule has 2 atom stereocenters. The predicted molar refractivity (Wildman–Crippen MR) is 69.8 cm³/mol. The zero-order valence-electron chi connectivity index (χ0n) is 11.2. The number of hydrogen-bond donors (Lipinski definition) is 1.